The lowest BCUT2D eigenvalue weighted by Gasteiger charge is -2.06. The highest BCUT2D eigenvalue weighted by Crippen LogP contribution is 2.32. The summed E-state index contributed by atoms with van der Waals surface area (Å²) in [7, 11) is 0. The second-order valence-corrected chi connectivity index (χ2v) is 4.34. The van der Waals surface area contributed by atoms with Gasteiger partial charge in [0.15, 0.2) is 0 Å². The van der Waals surface area contributed by atoms with E-state index in [1.54, 1.807) is 0 Å². The number of rotatable bonds is 4. The third-order valence-electron chi connectivity index (χ3n) is 2.74. The molecule has 7 heteroatoms. The molecule has 1 atom stereocenters. The first-order valence-corrected chi connectivity index (χ1v) is 6.11. The van der Waals surface area contributed by atoms with Gasteiger partial charge in [-0.3, -0.25) is 0 Å². The normalized spacial score (nSPS) is 13.4. The Hall–Kier alpha value is -1.89. The third kappa shape index (κ3) is 3.16. The molecule has 0 saturated heterocycles. The molecule has 108 valence electrons. The second kappa shape index (κ2) is 5.62. The summed E-state index contributed by atoms with van der Waals surface area (Å²) in [6, 6.07) is 4.61. The largest absolute Gasteiger partial charge is 0.416 e. The van der Waals surface area contributed by atoms with E-state index in [0.717, 1.165) is 18.6 Å². The molecule has 20 heavy (non-hydrogen) atoms. The summed E-state index contributed by atoms with van der Waals surface area (Å²) in [5.74, 6) is 0.0421. The molecule has 0 aliphatic rings. The van der Waals surface area contributed by atoms with Crippen molar-refractivity contribution in [3.05, 3.63) is 35.7 Å². The van der Waals surface area contributed by atoms with Crippen LogP contribution in [0.5, 0.6) is 0 Å². The number of hydrogen-bond donors (Lipinski definition) is 1. The van der Waals surface area contributed by atoms with E-state index >= 15 is 0 Å². The molecule has 0 saturated carbocycles. The van der Waals surface area contributed by atoms with Gasteiger partial charge in [0.25, 0.3) is 5.89 Å². The molecule has 1 aromatic carbocycles. The third-order valence-corrected chi connectivity index (χ3v) is 2.74. The number of benzene rings is 1. The van der Waals surface area contributed by atoms with Gasteiger partial charge >= 0.3 is 6.18 Å². The van der Waals surface area contributed by atoms with Crippen molar-refractivity contribution in [1.82, 2.24) is 10.1 Å². The van der Waals surface area contributed by atoms with Crippen LogP contribution in [0.25, 0.3) is 11.5 Å². The molecule has 0 fully saturated rings. The number of aliphatic hydroxyl groups excluding tert-OH is 1. The van der Waals surface area contributed by atoms with E-state index in [1.165, 1.54) is 12.1 Å². The van der Waals surface area contributed by atoms with E-state index in [9.17, 15) is 18.3 Å². The topological polar surface area (TPSA) is 59.2 Å². The first kappa shape index (κ1) is 14.5. The number of aliphatic hydroxyl groups is 1. The molecule has 0 aliphatic heterocycles. The van der Waals surface area contributed by atoms with Gasteiger partial charge < -0.3 is 9.63 Å². The molecule has 1 unspecified atom stereocenters. The lowest BCUT2D eigenvalue weighted by atomic mass is 10.1. The summed E-state index contributed by atoms with van der Waals surface area (Å²) in [6.07, 6.45) is -4.11. The average molecular weight is 286 g/mol. The van der Waals surface area contributed by atoms with E-state index in [4.69, 9.17) is 4.52 Å². The Morgan fingerprint density at radius 2 is 2.10 bits per heavy atom. The minimum absolute atomic E-state index is 0.0405. The van der Waals surface area contributed by atoms with E-state index in [0.29, 0.717) is 6.42 Å². The minimum atomic E-state index is -4.43. The molecule has 0 bridgehead atoms. The van der Waals surface area contributed by atoms with Gasteiger partial charge in [-0.1, -0.05) is 24.6 Å². The zero-order valence-corrected chi connectivity index (χ0v) is 10.7. The summed E-state index contributed by atoms with van der Waals surface area (Å²) in [4.78, 5) is 3.93. The van der Waals surface area contributed by atoms with Crippen LogP contribution in [0.15, 0.2) is 28.8 Å². The van der Waals surface area contributed by atoms with Crippen LogP contribution in [-0.2, 0) is 6.18 Å². The number of halogens is 3. The van der Waals surface area contributed by atoms with Crippen molar-refractivity contribution in [3.63, 3.8) is 0 Å². The Kier molecular flexibility index (Phi) is 4.08. The van der Waals surface area contributed by atoms with E-state index in [1.807, 2.05) is 6.92 Å². The SMILES string of the molecule is CCCC(O)c1noc(-c2cccc(C(F)(F)F)c2)n1. The van der Waals surface area contributed by atoms with Crippen LogP contribution in [0, 0.1) is 0 Å². The van der Waals surface area contributed by atoms with Gasteiger partial charge in [0.05, 0.1) is 5.56 Å². The maximum absolute atomic E-state index is 12.6. The summed E-state index contributed by atoms with van der Waals surface area (Å²) < 4.78 is 42.7. The van der Waals surface area contributed by atoms with Crippen molar-refractivity contribution in [2.24, 2.45) is 0 Å². The molecule has 0 radical (unpaired) electrons. The fraction of sp³-hybridized carbons (Fsp3) is 0.385. The van der Waals surface area contributed by atoms with Gasteiger partial charge in [-0.05, 0) is 24.6 Å². The van der Waals surface area contributed by atoms with Gasteiger partial charge in [0, 0.05) is 5.56 Å². The standard InChI is InChI=1S/C13H13F3N2O2/c1-2-4-10(19)11-17-12(20-18-11)8-5-3-6-9(7-8)13(14,15)16/h3,5-7,10,19H,2,4H2,1H3. The summed E-state index contributed by atoms with van der Waals surface area (Å²) in [5.41, 5.74) is -0.619. The first-order chi connectivity index (χ1) is 9.41. The quantitative estimate of drug-likeness (QED) is 0.933. The maximum atomic E-state index is 12.6. The molecule has 1 N–H and O–H groups in total. The Labute approximate surface area is 113 Å². The second-order valence-electron chi connectivity index (χ2n) is 4.34. The van der Waals surface area contributed by atoms with Crippen molar-refractivity contribution < 1.29 is 22.8 Å². The van der Waals surface area contributed by atoms with Crippen LogP contribution in [0.4, 0.5) is 13.2 Å². The fourth-order valence-electron chi connectivity index (χ4n) is 1.72. The molecule has 0 spiro atoms. The predicted molar refractivity (Wildman–Crippen MR) is 64.6 cm³/mol. The molecule has 1 heterocycles. The Morgan fingerprint density at radius 1 is 1.35 bits per heavy atom. The van der Waals surface area contributed by atoms with Crippen LogP contribution in [-0.4, -0.2) is 15.2 Å². The molecule has 4 nitrogen and oxygen atoms in total. The van der Waals surface area contributed by atoms with Crippen molar-refractivity contribution in [2.45, 2.75) is 32.0 Å². The average Bonchev–Trinajstić information content (AvgIpc) is 2.88. The number of nitrogens with zero attached hydrogens (tertiary/aromatic N) is 2. The summed E-state index contributed by atoms with van der Waals surface area (Å²) in [5, 5.41) is 13.3. The van der Waals surface area contributed by atoms with Gasteiger partial charge in [-0.25, -0.2) is 0 Å². The van der Waals surface area contributed by atoms with Crippen molar-refractivity contribution in [2.75, 3.05) is 0 Å². The minimum Gasteiger partial charge on any atom is -0.385 e. The maximum Gasteiger partial charge on any atom is 0.416 e. The number of hydrogen-bond acceptors (Lipinski definition) is 4. The van der Waals surface area contributed by atoms with Crippen molar-refractivity contribution in [3.8, 4) is 11.5 Å². The molecular formula is C13H13F3N2O2. The van der Waals surface area contributed by atoms with Gasteiger partial charge in [0.2, 0.25) is 5.82 Å². The summed E-state index contributed by atoms with van der Waals surface area (Å²) >= 11 is 0. The molecule has 2 aromatic rings. The Bertz CT molecular complexity index is 581. The van der Waals surface area contributed by atoms with E-state index < -0.39 is 17.8 Å². The van der Waals surface area contributed by atoms with Crippen molar-refractivity contribution >= 4 is 0 Å². The van der Waals surface area contributed by atoms with Gasteiger partial charge in [0.1, 0.15) is 6.10 Å². The van der Waals surface area contributed by atoms with E-state index in [-0.39, 0.29) is 17.3 Å². The number of aromatic nitrogens is 2. The molecule has 1 aromatic heterocycles. The van der Waals surface area contributed by atoms with Crippen LogP contribution >= 0.6 is 0 Å². The predicted octanol–water partition coefficient (Wildman–Crippen LogP) is 3.59. The van der Waals surface area contributed by atoms with Crippen LogP contribution in [0.1, 0.15) is 37.3 Å². The highest BCUT2D eigenvalue weighted by molar-refractivity contribution is 5.54. The summed E-state index contributed by atoms with van der Waals surface area (Å²) in [6.45, 7) is 1.89. The molecular weight excluding hydrogens is 273 g/mol. The van der Waals surface area contributed by atoms with Crippen LogP contribution in [0.2, 0.25) is 0 Å². The molecule has 2 rings (SSSR count). The fourth-order valence-corrected chi connectivity index (χ4v) is 1.72. The lowest BCUT2D eigenvalue weighted by Crippen LogP contribution is -2.04. The smallest absolute Gasteiger partial charge is 0.385 e. The number of alkyl halides is 3. The zero-order valence-electron chi connectivity index (χ0n) is 10.7. The van der Waals surface area contributed by atoms with Gasteiger partial charge in [-0.15, -0.1) is 0 Å². The zero-order chi connectivity index (χ0) is 14.8. The highest BCUT2D eigenvalue weighted by atomic mass is 19.4. The van der Waals surface area contributed by atoms with Crippen molar-refractivity contribution in [1.29, 1.82) is 0 Å². The molecule has 0 amide bonds. The van der Waals surface area contributed by atoms with Crippen LogP contribution < -0.4 is 0 Å². The molecule has 0 aliphatic carbocycles. The Morgan fingerprint density at radius 3 is 2.75 bits per heavy atom. The van der Waals surface area contributed by atoms with Gasteiger partial charge in [-0.2, -0.15) is 18.2 Å². The first-order valence-electron chi connectivity index (χ1n) is 6.11. The van der Waals surface area contributed by atoms with Crippen LogP contribution in [0.3, 0.4) is 0 Å². The highest BCUT2D eigenvalue weighted by Gasteiger charge is 2.31. The monoisotopic (exact) mass is 286 g/mol. The Balaban J connectivity index is 2.28. The lowest BCUT2D eigenvalue weighted by molar-refractivity contribution is -0.137. The van der Waals surface area contributed by atoms with E-state index in [2.05, 4.69) is 10.1 Å².